The summed E-state index contributed by atoms with van der Waals surface area (Å²) >= 11 is 0. The maximum Gasteiger partial charge on any atom is 0.116 e. The molecule has 0 bridgehead atoms. The molecule has 3 rings (SSSR count). The minimum Gasteiger partial charge on any atom is -0.365 e. The SMILES string of the molecule is CC(C)(C)COC1(C)c2ccccc2C=Cc2ccccc21. The second kappa shape index (κ2) is 5.40. The van der Waals surface area contributed by atoms with Gasteiger partial charge in [0.15, 0.2) is 0 Å². The zero-order valence-electron chi connectivity index (χ0n) is 13.9. The Kier molecular flexibility index (Phi) is 3.70. The van der Waals surface area contributed by atoms with E-state index in [1.54, 1.807) is 0 Å². The first kappa shape index (κ1) is 15.1. The molecule has 1 nitrogen and oxygen atoms in total. The van der Waals surface area contributed by atoms with Crippen molar-refractivity contribution < 1.29 is 4.74 Å². The average Bonchev–Trinajstić information content (AvgIpc) is 2.62. The van der Waals surface area contributed by atoms with Gasteiger partial charge in [0, 0.05) is 0 Å². The molecule has 2 aromatic carbocycles. The van der Waals surface area contributed by atoms with Crippen LogP contribution in [0.1, 0.15) is 49.9 Å². The fourth-order valence-corrected chi connectivity index (χ4v) is 2.99. The number of hydrogen-bond donors (Lipinski definition) is 0. The lowest BCUT2D eigenvalue weighted by Crippen LogP contribution is -2.32. The highest BCUT2D eigenvalue weighted by Crippen LogP contribution is 2.41. The molecule has 1 aliphatic rings. The topological polar surface area (TPSA) is 9.23 Å². The Labute approximate surface area is 133 Å². The van der Waals surface area contributed by atoms with Crippen LogP contribution in [-0.2, 0) is 10.3 Å². The summed E-state index contributed by atoms with van der Waals surface area (Å²) < 4.78 is 6.53. The first-order chi connectivity index (χ1) is 10.4. The smallest absolute Gasteiger partial charge is 0.116 e. The van der Waals surface area contributed by atoms with Crippen molar-refractivity contribution in [1.29, 1.82) is 0 Å². The van der Waals surface area contributed by atoms with Crippen molar-refractivity contribution in [2.75, 3.05) is 6.61 Å². The summed E-state index contributed by atoms with van der Waals surface area (Å²) in [6, 6.07) is 17.1. The molecule has 1 aliphatic carbocycles. The summed E-state index contributed by atoms with van der Waals surface area (Å²) in [5.74, 6) is 0. The van der Waals surface area contributed by atoms with E-state index in [9.17, 15) is 0 Å². The van der Waals surface area contributed by atoms with Crippen LogP contribution in [0.2, 0.25) is 0 Å². The molecule has 1 heteroatoms. The van der Waals surface area contributed by atoms with E-state index in [-0.39, 0.29) is 5.41 Å². The number of benzene rings is 2. The van der Waals surface area contributed by atoms with Crippen LogP contribution >= 0.6 is 0 Å². The molecule has 0 unspecified atom stereocenters. The fraction of sp³-hybridized carbons (Fsp3) is 0.333. The molecular weight excluding hydrogens is 268 g/mol. The first-order valence-electron chi connectivity index (χ1n) is 7.91. The van der Waals surface area contributed by atoms with Crippen LogP contribution < -0.4 is 0 Å². The molecule has 0 N–H and O–H groups in total. The summed E-state index contributed by atoms with van der Waals surface area (Å²) in [6.45, 7) is 9.55. The van der Waals surface area contributed by atoms with Crippen molar-refractivity contribution in [2.45, 2.75) is 33.3 Å². The third-order valence-electron chi connectivity index (χ3n) is 4.19. The Balaban J connectivity index is 2.16. The molecule has 22 heavy (non-hydrogen) atoms. The maximum absolute atomic E-state index is 6.53. The molecule has 0 fully saturated rings. The third kappa shape index (κ3) is 2.74. The van der Waals surface area contributed by atoms with E-state index in [2.05, 4.69) is 88.4 Å². The van der Waals surface area contributed by atoms with Gasteiger partial charge in [0.1, 0.15) is 5.60 Å². The van der Waals surface area contributed by atoms with Crippen LogP contribution in [0.5, 0.6) is 0 Å². The average molecular weight is 292 g/mol. The van der Waals surface area contributed by atoms with Crippen LogP contribution in [-0.4, -0.2) is 6.61 Å². The summed E-state index contributed by atoms with van der Waals surface area (Å²) in [6.07, 6.45) is 4.39. The molecule has 0 heterocycles. The van der Waals surface area contributed by atoms with Gasteiger partial charge in [-0.15, -0.1) is 0 Å². The maximum atomic E-state index is 6.53. The number of rotatable bonds is 2. The molecule has 0 radical (unpaired) electrons. The van der Waals surface area contributed by atoms with E-state index in [1.807, 2.05) is 0 Å². The molecule has 0 spiro atoms. The zero-order valence-corrected chi connectivity index (χ0v) is 13.9. The summed E-state index contributed by atoms with van der Waals surface area (Å²) in [4.78, 5) is 0. The van der Waals surface area contributed by atoms with Crippen LogP contribution in [0, 0.1) is 5.41 Å². The highest BCUT2D eigenvalue weighted by Gasteiger charge is 2.35. The predicted octanol–water partition coefficient (Wildman–Crippen LogP) is 5.50. The number of hydrogen-bond acceptors (Lipinski definition) is 1. The van der Waals surface area contributed by atoms with Gasteiger partial charge in [-0.05, 0) is 34.6 Å². The van der Waals surface area contributed by atoms with Crippen LogP contribution in [0.3, 0.4) is 0 Å². The van der Waals surface area contributed by atoms with Gasteiger partial charge >= 0.3 is 0 Å². The molecule has 2 aromatic rings. The second-order valence-corrected chi connectivity index (χ2v) is 7.39. The molecular formula is C21H24O. The van der Waals surface area contributed by atoms with E-state index >= 15 is 0 Å². The monoisotopic (exact) mass is 292 g/mol. The molecule has 0 saturated heterocycles. The Hall–Kier alpha value is -1.86. The Bertz CT molecular complexity index is 654. The zero-order chi connectivity index (χ0) is 15.8. The normalized spacial score (nSPS) is 15.8. The lowest BCUT2D eigenvalue weighted by Gasteiger charge is -2.35. The summed E-state index contributed by atoms with van der Waals surface area (Å²) in [7, 11) is 0. The van der Waals surface area contributed by atoms with E-state index in [0.717, 1.165) is 0 Å². The van der Waals surface area contributed by atoms with Crippen molar-refractivity contribution in [3.8, 4) is 0 Å². The largest absolute Gasteiger partial charge is 0.365 e. The minimum atomic E-state index is -0.427. The van der Waals surface area contributed by atoms with Crippen molar-refractivity contribution in [2.24, 2.45) is 5.41 Å². The standard InChI is InChI=1S/C21H24O/c1-20(2,3)15-22-21(4)18-11-7-5-9-16(18)13-14-17-10-6-8-12-19(17)21/h5-14H,15H2,1-4H3. The molecule has 0 amide bonds. The Morgan fingerprint density at radius 3 is 1.73 bits per heavy atom. The summed E-state index contributed by atoms with van der Waals surface area (Å²) in [5, 5.41) is 0. The van der Waals surface area contributed by atoms with Gasteiger partial charge < -0.3 is 4.74 Å². The predicted molar refractivity (Wildman–Crippen MR) is 93.7 cm³/mol. The fourth-order valence-electron chi connectivity index (χ4n) is 2.99. The molecule has 0 atom stereocenters. The first-order valence-corrected chi connectivity index (χ1v) is 7.91. The van der Waals surface area contributed by atoms with Crippen molar-refractivity contribution in [1.82, 2.24) is 0 Å². The van der Waals surface area contributed by atoms with Gasteiger partial charge in [0.25, 0.3) is 0 Å². The second-order valence-electron chi connectivity index (χ2n) is 7.39. The van der Waals surface area contributed by atoms with Crippen molar-refractivity contribution in [3.05, 3.63) is 70.8 Å². The van der Waals surface area contributed by atoms with Gasteiger partial charge in [-0.25, -0.2) is 0 Å². The lowest BCUT2D eigenvalue weighted by molar-refractivity contribution is -0.0399. The third-order valence-corrected chi connectivity index (χ3v) is 4.19. The highest BCUT2D eigenvalue weighted by atomic mass is 16.5. The Morgan fingerprint density at radius 2 is 1.27 bits per heavy atom. The molecule has 0 aliphatic heterocycles. The molecule has 0 aromatic heterocycles. The van der Waals surface area contributed by atoms with Crippen molar-refractivity contribution >= 4 is 12.2 Å². The van der Waals surface area contributed by atoms with Gasteiger partial charge in [0.2, 0.25) is 0 Å². The number of fused-ring (bicyclic) bond motifs is 2. The quantitative estimate of drug-likeness (QED) is 0.710. The van der Waals surface area contributed by atoms with E-state index in [0.29, 0.717) is 6.61 Å². The lowest BCUT2D eigenvalue weighted by atomic mass is 9.84. The number of ether oxygens (including phenoxy) is 1. The van der Waals surface area contributed by atoms with Crippen LogP contribution in [0.4, 0.5) is 0 Å². The molecule has 114 valence electrons. The highest BCUT2D eigenvalue weighted by molar-refractivity contribution is 5.77. The van der Waals surface area contributed by atoms with Gasteiger partial charge in [0.05, 0.1) is 6.61 Å². The summed E-state index contributed by atoms with van der Waals surface area (Å²) in [5.41, 5.74) is 4.64. The molecule has 0 saturated carbocycles. The van der Waals surface area contributed by atoms with Gasteiger partial charge in [-0.1, -0.05) is 81.5 Å². The Morgan fingerprint density at radius 1 is 0.818 bits per heavy atom. The van der Waals surface area contributed by atoms with E-state index in [1.165, 1.54) is 22.3 Å². The minimum absolute atomic E-state index is 0.132. The van der Waals surface area contributed by atoms with Crippen LogP contribution in [0.15, 0.2) is 48.5 Å². The van der Waals surface area contributed by atoms with Crippen LogP contribution in [0.25, 0.3) is 12.2 Å². The van der Waals surface area contributed by atoms with E-state index in [4.69, 9.17) is 4.74 Å². The van der Waals surface area contributed by atoms with Crippen molar-refractivity contribution in [3.63, 3.8) is 0 Å². The van der Waals surface area contributed by atoms with Gasteiger partial charge in [-0.3, -0.25) is 0 Å². The van der Waals surface area contributed by atoms with Gasteiger partial charge in [-0.2, -0.15) is 0 Å². The van der Waals surface area contributed by atoms with E-state index < -0.39 is 5.60 Å².